The standard InChI is InChI=1S/C60H69FN8O9S/c1-37(2)45-9-7-8-10-46(45)52-34-66(33-39-23-40-17-18-58(3,4)78-55(40)54(24-39)76-6)21-22-68(52)42-28-60(29-42)35-67(36-60)41-11-13-47(53(25-41)77-43-26-48-49(61)32-64-56(48)63-31-43)57(70)65-79(74,75)44-12-14-50(51(27-44)69(72)73)62-30-38-15-19-59(5,71)20-16-38/h7-14,17-18,23-27,31-32,37-38,42,52,62,71H,15-16,19-22,28-30,33-36H2,1-6H3,(H,63,64)(H,65,70)/t38-,52-,59-/m0/s1. The van der Waals surface area contributed by atoms with E-state index < -0.39 is 48.5 Å². The average Bonchev–Trinajstić information content (AvgIpc) is 3.78. The highest BCUT2D eigenvalue weighted by atomic mass is 32.2. The summed E-state index contributed by atoms with van der Waals surface area (Å²) in [4.78, 5) is 39.8. The number of carbonyl (C=O) groups excluding carboxylic acids is 1. The van der Waals surface area contributed by atoms with E-state index in [1.807, 2.05) is 13.8 Å². The molecule has 4 N–H and O–H groups in total. The van der Waals surface area contributed by atoms with Crippen molar-refractivity contribution >= 4 is 50.1 Å². The third kappa shape index (κ3) is 11.1. The highest BCUT2D eigenvalue weighted by Gasteiger charge is 2.55. The Kier molecular flexibility index (Phi) is 14.2. The summed E-state index contributed by atoms with van der Waals surface area (Å²) in [7, 11) is -2.96. The van der Waals surface area contributed by atoms with Crippen LogP contribution in [0.15, 0.2) is 102 Å². The molecular weight excluding hydrogens is 1030 g/mol. The topological polar surface area (TPSA) is 205 Å². The Morgan fingerprint density at radius 1 is 1.01 bits per heavy atom. The number of nitro benzene ring substituents is 1. The molecular formula is C60H69FN8O9S. The first-order valence-corrected chi connectivity index (χ1v) is 28.8. The van der Waals surface area contributed by atoms with Gasteiger partial charge in [0.05, 0.1) is 39.7 Å². The number of aliphatic hydroxyl groups is 1. The van der Waals surface area contributed by atoms with Crippen molar-refractivity contribution in [2.45, 2.75) is 114 Å². The maximum Gasteiger partial charge on any atom is 0.293 e. The number of rotatable bonds is 16. The van der Waals surface area contributed by atoms with E-state index in [1.165, 1.54) is 53.3 Å². The zero-order valence-corrected chi connectivity index (χ0v) is 46.4. The first-order valence-electron chi connectivity index (χ1n) is 27.3. The number of nitrogens with zero attached hydrogens (tertiary/aromatic N) is 5. The molecule has 17 nitrogen and oxygen atoms in total. The third-order valence-corrected chi connectivity index (χ3v) is 18.2. The van der Waals surface area contributed by atoms with E-state index in [-0.39, 0.29) is 45.5 Å². The molecule has 0 bridgehead atoms. The summed E-state index contributed by atoms with van der Waals surface area (Å²) in [5.41, 5.74) is 4.45. The van der Waals surface area contributed by atoms with Gasteiger partial charge in [-0.15, -0.1) is 0 Å². The van der Waals surface area contributed by atoms with Crippen molar-refractivity contribution in [3.8, 4) is 23.0 Å². The van der Waals surface area contributed by atoms with E-state index in [1.54, 1.807) is 26.2 Å². The number of sulfonamides is 1. The zero-order valence-electron chi connectivity index (χ0n) is 45.6. The number of methoxy groups -OCH3 is 1. The number of carbonyl (C=O) groups is 1. The predicted molar refractivity (Wildman–Crippen MR) is 301 cm³/mol. The molecule has 416 valence electrons. The third-order valence-electron chi connectivity index (χ3n) is 16.9. The van der Waals surface area contributed by atoms with Crippen LogP contribution in [0.25, 0.3) is 17.1 Å². The van der Waals surface area contributed by atoms with E-state index in [0.29, 0.717) is 37.0 Å². The minimum atomic E-state index is -4.66. The Morgan fingerprint density at radius 3 is 2.53 bits per heavy atom. The number of anilines is 2. The van der Waals surface area contributed by atoms with Gasteiger partial charge in [-0.25, -0.2) is 22.5 Å². The number of nitrogens with one attached hydrogen (secondary N) is 3. The van der Waals surface area contributed by atoms with Crippen LogP contribution in [0.1, 0.15) is 118 Å². The summed E-state index contributed by atoms with van der Waals surface area (Å²) in [6, 6.07) is 23.6. The summed E-state index contributed by atoms with van der Waals surface area (Å²) < 4.78 is 63.1. The lowest BCUT2D eigenvalue weighted by Crippen LogP contribution is -2.68. The van der Waals surface area contributed by atoms with Gasteiger partial charge in [0.1, 0.15) is 34.3 Å². The number of halogens is 1. The molecule has 2 aromatic heterocycles. The summed E-state index contributed by atoms with van der Waals surface area (Å²) in [6.07, 6.45) is 11.5. The van der Waals surface area contributed by atoms with E-state index in [2.05, 4.69) is 97.1 Å². The fourth-order valence-corrected chi connectivity index (χ4v) is 13.5. The molecule has 2 saturated carbocycles. The van der Waals surface area contributed by atoms with Crippen LogP contribution < -0.4 is 29.1 Å². The Bertz CT molecular complexity index is 3470. The van der Waals surface area contributed by atoms with Crippen LogP contribution >= 0.6 is 0 Å². The number of hydrogen-bond donors (Lipinski definition) is 4. The lowest BCUT2D eigenvalue weighted by atomic mass is 9.59. The van der Waals surface area contributed by atoms with Crippen molar-refractivity contribution in [3.05, 3.63) is 141 Å². The summed E-state index contributed by atoms with van der Waals surface area (Å²) in [5, 5.41) is 25.9. The Hall–Kier alpha value is -7.06. The molecule has 0 unspecified atom stereocenters. The Balaban J connectivity index is 0.795. The first kappa shape index (κ1) is 53.9. The van der Waals surface area contributed by atoms with Gasteiger partial charge in [-0.1, -0.05) is 44.2 Å². The van der Waals surface area contributed by atoms with Crippen molar-refractivity contribution in [2.24, 2.45) is 11.3 Å². The van der Waals surface area contributed by atoms with Crippen LogP contribution in [0.3, 0.4) is 0 Å². The molecule has 19 heteroatoms. The second kappa shape index (κ2) is 20.9. The average molecular weight is 1100 g/mol. The molecule has 0 radical (unpaired) electrons. The smallest absolute Gasteiger partial charge is 0.293 e. The summed E-state index contributed by atoms with van der Waals surface area (Å²) in [5.74, 6) is 0.596. The van der Waals surface area contributed by atoms with Crippen LogP contribution in [0.2, 0.25) is 0 Å². The molecule has 5 aliphatic rings. The highest BCUT2D eigenvalue weighted by molar-refractivity contribution is 7.90. The van der Waals surface area contributed by atoms with Gasteiger partial charge >= 0.3 is 0 Å². The van der Waals surface area contributed by atoms with E-state index in [9.17, 15) is 32.8 Å². The number of aromatic amines is 1. The monoisotopic (exact) mass is 1100 g/mol. The number of amides is 1. The quantitative estimate of drug-likeness (QED) is 0.0526. The van der Waals surface area contributed by atoms with Crippen LogP contribution in [-0.4, -0.2) is 108 Å². The lowest BCUT2D eigenvalue weighted by Gasteiger charge is -2.63. The van der Waals surface area contributed by atoms with Gasteiger partial charge in [0.2, 0.25) is 0 Å². The van der Waals surface area contributed by atoms with Crippen molar-refractivity contribution in [1.82, 2.24) is 24.5 Å². The van der Waals surface area contributed by atoms with Crippen molar-refractivity contribution in [3.63, 3.8) is 0 Å². The number of benzene rings is 4. The molecule has 6 aromatic rings. The van der Waals surface area contributed by atoms with E-state index in [4.69, 9.17) is 14.2 Å². The van der Waals surface area contributed by atoms with Gasteiger partial charge in [-0.05, 0) is 136 Å². The molecule has 11 rings (SSSR count). The maximum atomic E-state index is 14.8. The normalized spacial score (nSPS) is 22.0. The summed E-state index contributed by atoms with van der Waals surface area (Å²) >= 11 is 0. The van der Waals surface area contributed by atoms with Crippen LogP contribution in [0, 0.1) is 27.3 Å². The molecule has 1 spiro atoms. The number of fused-ring (bicyclic) bond motifs is 2. The van der Waals surface area contributed by atoms with E-state index >= 15 is 0 Å². The Morgan fingerprint density at radius 2 is 1.78 bits per heavy atom. The molecule has 4 fully saturated rings. The Labute approximate surface area is 460 Å². The highest BCUT2D eigenvalue weighted by Crippen LogP contribution is 2.54. The fourth-order valence-electron chi connectivity index (χ4n) is 12.5. The number of piperazine rings is 1. The predicted octanol–water partition coefficient (Wildman–Crippen LogP) is 10.7. The summed E-state index contributed by atoms with van der Waals surface area (Å²) in [6.45, 7) is 15.8. The molecule has 2 aliphatic carbocycles. The molecule has 1 amide bonds. The first-order chi connectivity index (χ1) is 37.6. The van der Waals surface area contributed by atoms with Gasteiger partial charge in [0.25, 0.3) is 21.6 Å². The molecule has 79 heavy (non-hydrogen) atoms. The van der Waals surface area contributed by atoms with Crippen molar-refractivity contribution in [1.29, 1.82) is 0 Å². The van der Waals surface area contributed by atoms with Gasteiger partial charge < -0.3 is 34.5 Å². The molecule has 1 atom stereocenters. The van der Waals surface area contributed by atoms with Crippen molar-refractivity contribution in [2.75, 3.05) is 56.6 Å². The number of ether oxygens (including phenoxy) is 3. The number of H-pyrrole nitrogens is 1. The minimum Gasteiger partial charge on any atom is -0.493 e. The van der Waals surface area contributed by atoms with Crippen LogP contribution in [0.4, 0.5) is 21.5 Å². The van der Waals surface area contributed by atoms with Gasteiger partial charge in [0.15, 0.2) is 11.5 Å². The number of hydrogen-bond acceptors (Lipinski definition) is 14. The number of pyridine rings is 1. The molecule has 3 aliphatic heterocycles. The molecule has 4 aromatic carbocycles. The number of nitro groups is 1. The van der Waals surface area contributed by atoms with E-state index in [0.717, 1.165) is 93.8 Å². The second-order valence-corrected chi connectivity index (χ2v) is 25.3. The van der Waals surface area contributed by atoms with Crippen LogP contribution in [0.5, 0.6) is 23.0 Å². The lowest BCUT2D eigenvalue weighted by molar-refractivity contribution is -0.384. The van der Waals surface area contributed by atoms with Crippen molar-refractivity contribution < 1.29 is 41.8 Å². The fraction of sp³-hybridized carbons (Fsp3) is 0.433. The minimum absolute atomic E-state index is 0.0107. The largest absolute Gasteiger partial charge is 0.493 e. The number of aromatic nitrogens is 2. The molecule has 2 saturated heterocycles. The maximum absolute atomic E-state index is 14.8. The second-order valence-electron chi connectivity index (χ2n) is 23.6. The van der Waals surface area contributed by atoms with Crippen LogP contribution in [-0.2, 0) is 16.6 Å². The SMILES string of the molecule is COc1cc(CN2CCN(C3CC4(C3)CN(c3ccc(C(=O)NS(=O)(=O)c5ccc(NC[C@H]6CC[C@](C)(O)CC6)c([N+](=O)[O-])c5)c(Oc5cnc6[nH]cc(F)c6c5)c3)C4)[C@H](c3ccccc3C(C)C)C2)cc2c1OC(C)(C)C=C2. The van der Waals surface area contributed by atoms with Gasteiger partial charge in [0, 0.05) is 92.9 Å². The van der Waals surface area contributed by atoms with Gasteiger partial charge in [-0.3, -0.25) is 24.7 Å². The van der Waals surface area contributed by atoms with Gasteiger partial charge in [-0.2, -0.15) is 0 Å². The zero-order chi connectivity index (χ0) is 55.6. The molecule has 5 heterocycles.